The summed E-state index contributed by atoms with van der Waals surface area (Å²) in [5, 5.41) is 10.1. The lowest BCUT2D eigenvalue weighted by Crippen LogP contribution is -1.97. The first-order valence-electron chi connectivity index (χ1n) is 6.72. The van der Waals surface area contributed by atoms with Crippen molar-refractivity contribution in [2.75, 3.05) is 0 Å². The first-order chi connectivity index (χ1) is 10.2. The molecule has 0 aliphatic carbocycles. The quantitative estimate of drug-likeness (QED) is 0.703. The normalized spacial score (nSPS) is 12.2. The summed E-state index contributed by atoms with van der Waals surface area (Å²) in [4.78, 5) is 14.3. The Kier molecular flexibility index (Phi) is 3.32. The minimum Gasteiger partial charge on any atom is -0.478 e. The molecular formula is C18H15NO2. The molecule has 0 radical (unpaired) electrons. The van der Waals surface area contributed by atoms with Crippen molar-refractivity contribution in [3.8, 4) is 0 Å². The van der Waals surface area contributed by atoms with Crippen molar-refractivity contribution in [1.29, 1.82) is 0 Å². The second kappa shape index (κ2) is 5.29. The number of hydrogen-bond acceptors (Lipinski definition) is 1. The lowest BCUT2D eigenvalue weighted by molar-refractivity contribution is 0.0697. The van der Waals surface area contributed by atoms with Gasteiger partial charge >= 0.3 is 5.97 Å². The molecule has 0 aliphatic heterocycles. The van der Waals surface area contributed by atoms with Crippen LogP contribution in [0, 0.1) is 0 Å². The van der Waals surface area contributed by atoms with E-state index in [1.165, 1.54) is 0 Å². The molecule has 0 aliphatic rings. The number of aromatic nitrogens is 1. The molecule has 0 amide bonds. The van der Waals surface area contributed by atoms with Gasteiger partial charge in [-0.3, -0.25) is 0 Å². The van der Waals surface area contributed by atoms with Gasteiger partial charge in [0.15, 0.2) is 0 Å². The van der Waals surface area contributed by atoms with Crippen LogP contribution in [-0.2, 0) is 0 Å². The second-order valence-corrected chi connectivity index (χ2v) is 4.96. The van der Waals surface area contributed by atoms with Gasteiger partial charge in [0.2, 0.25) is 0 Å². The molecule has 1 unspecified atom stereocenters. The van der Waals surface area contributed by atoms with Gasteiger partial charge in [0, 0.05) is 17.1 Å². The van der Waals surface area contributed by atoms with Crippen molar-refractivity contribution >= 4 is 16.9 Å². The Labute approximate surface area is 122 Å². The average molecular weight is 277 g/mol. The van der Waals surface area contributed by atoms with E-state index in [1.54, 1.807) is 12.1 Å². The van der Waals surface area contributed by atoms with E-state index >= 15 is 0 Å². The SMILES string of the molecule is C=CC(c1ccccc1)c1cc2ccc(C(=O)O)cc2[nH]1. The monoisotopic (exact) mass is 277 g/mol. The highest BCUT2D eigenvalue weighted by atomic mass is 16.4. The molecule has 1 atom stereocenters. The van der Waals surface area contributed by atoms with Crippen LogP contribution in [0.2, 0.25) is 0 Å². The van der Waals surface area contributed by atoms with Gasteiger partial charge in [-0.15, -0.1) is 6.58 Å². The predicted molar refractivity (Wildman–Crippen MR) is 83.7 cm³/mol. The molecule has 21 heavy (non-hydrogen) atoms. The molecular weight excluding hydrogens is 262 g/mol. The van der Waals surface area contributed by atoms with Gasteiger partial charge in [0.25, 0.3) is 0 Å². The maximum atomic E-state index is 11.0. The third-order valence-corrected chi connectivity index (χ3v) is 3.62. The number of aromatic amines is 1. The minimum absolute atomic E-state index is 0.0619. The lowest BCUT2D eigenvalue weighted by atomic mass is 9.96. The summed E-state index contributed by atoms with van der Waals surface area (Å²) in [5.74, 6) is -0.858. The number of carbonyl (C=O) groups is 1. The summed E-state index contributed by atoms with van der Waals surface area (Å²) in [6.45, 7) is 3.92. The summed E-state index contributed by atoms with van der Waals surface area (Å²) in [6.07, 6.45) is 1.89. The first-order valence-corrected chi connectivity index (χ1v) is 6.72. The van der Waals surface area contributed by atoms with E-state index in [1.807, 2.05) is 36.4 Å². The molecule has 0 bridgehead atoms. The van der Waals surface area contributed by atoms with Gasteiger partial charge in [-0.1, -0.05) is 42.5 Å². The molecule has 3 heteroatoms. The number of fused-ring (bicyclic) bond motifs is 1. The second-order valence-electron chi connectivity index (χ2n) is 4.96. The molecule has 0 fully saturated rings. The number of H-pyrrole nitrogens is 1. The standard InChI is InChI=1S/C18H15NO2/c1-2-15(12-6-4-3-5-7-12)17-10-13-8-9-14(18(20)21)11-16(13)19-17/h2-11,15,19H,1H2,(H,20,21). The minimum atomic E-state index is -0.920. The zero-order valence-electron chi connectivity index (χ0n) is 11.4. The fourth-order valence-electron chi connectivity index (χ4n) is 2.55. The van der Waals surface area contributed by atoms with E-state index in [0.717, 1.165) is 22.2 Å². The Morgan fingerprint density at radius 2 is 1.90 bits per heavy atom. The van der Waals surface area contributed by atoms with E-state index in [9.17, 15) is 4.79 Å². The molecule has 1 heterocycles. The van der Waals surface area contributed by atoms with Crippen LogP contribution in [0.15, 0.2) is 67.3 Å². The third-order valence-electron chi connectivity index (χ3n) is 3.62. The van der Waals surface area contributed by atoms with E-state index in [-0.39, 0.29) is 11.5 Å². The van der Waals surface area contributed by atoms with Crippen LogP contribution in [0.25, 0.3) is 10.9 Å². The van der Waals surface area contributed by atoms with Crippen LogP contribution in [0.3, 0.4) is 0 Å². The van der Waals surface area contributed by atoms with Crippen LogP contribution < -0.4 is 0 Å². The van der Waals surface area contributed by atoms with Gasteiger partial charge in [0.1, 0.15) is 0 Å². The van der Waals surface area contributed by atoms with Gasteiger partial charge < -0.3 is 10.1 Å². The highest BCUT2D eigenvalue weighted by molar-refractivity contribution is 5.93. The first kappa shape index (κ1) is 13.2. The zero-order valence-corrected chi connectivity index (χ0v) is 11.4. The number of hydrogen-bond donors (Lipinski definition) is 2. The summed E-state index contributed by atoms with van der Waals surface area (Å²) in [6, 6.07) is 17.2. The Morgan fingerprint density at radius 3 is 2.57 bits per heavy atom. The largest absolute Gasteiger partial charge is 0.478 e. The molecule has 0 saturated carbocycles. The number of rotatable bonds is 4. The maximum absolute atomic E-state index is 11.0. The topological polar surface area (TPSA) is 53.1 Å². The number of allylic oxidation sites excluding steroid dienone is 1. The summed E-state index contributed by atoms with van der Waals surface area (Å²) < 4.78 is 0. The van der Waals surface area contributed by atoms with Gasteiger partial charge in [-0.05, 0) is 29.1 Å². The van der Waals surface area contributed by atoms with Crippen molar-refractivity contribution in [3.05, 3.63) is 84.1 Å². The Balaban J connectivity index is 2.07. The summed E-state index contributed by atoms with van der Waals surface area (Å²) >= 11 is 0. The van der Waals surface area contributed by atoms with E-state index in [2.05, 4.69) is 23.7 Å². The Bertz CT molecular complexity index is 802. The highest BCUT2D eigenvalue weighted by Crippen LogP contribution is 2.28. The summed E-state index contributed by atoms with van der Waals surface area (Å²) in [7, 11) is 0. The van der Waals surface area contributed by atoms with Crippen molar-refractivity contribution in [2.45, 2.75) is 5.92 Å². The van der Waals surface area contributed by atoms with E-state index in [0.29, 0.717) is 0 Å². The van der Waals surface area contributed by atoms with Gasteiger partial charge in [-0.25, -0.2) is 4.79 Å². The van der Waals surface area contributed by atoms with Crippen molar-refractivity contribution in [1.82, 2.24) is 4.98 Å². The van der Waals surface area contributed by atoms with E-state index in [4.69, 9.17) is 5.11 Å². The molecule has 0 spiro atoms. The average Bonchev–Trinajstić information content (AvgIpc) is 2.91. The zero-order chi connectivity index (χ0) is 14.8. The van der Waals surface area contributed by atoms with Crippen LogP contribution in [0.5, 0.6) is 0 Å². The van der Waals surface area contributed by atoms with Crippen LogP contribution in [0.1, 0.15) is 27.5 Å². The number of carboxylic acid groups (broad SMARTS) is 1. The number of nitrogens with one attached hydrogen (secondary N) is 1. The molecule has 1 aromatic heterocycles. The number of benzene rings is 2. The molecule has 2 aromatic carbocycles. The lowest BCUT2D eigenvalue weighted by Gasteiger charge is -2.10. The number of aromatic carboxylic acids is 1. The van der Waals surface area contributed by atoms with Gasteiger partial charge in [-0.2, -0.15) is 0 Å². The maximum Gasteiger partial charge on any atom is 0.335 e. The highest BCUT2D eigenvalue weighted by Gasteiger charge is 2.13. The van der Waals surface area contributed by atoms with Crippen molar-refractivity contribution in [3.63, 3.8) is 0 Å². The molecule has 3 nitrogen and oxygen atoms in total. The van der Waals surface area contributed by atoms with Crippen LogP contribution in [0.4, 0.5) is 0 Å². The molecule has 3 rings (SSSR count). The predicted octanol–water partition coefficient (Wildman–Crippen LogP) is 4.18. The van der Waals surface area contributed by atoms with Crippen molar-refractivity contribution in [2.24, 2.45) is 0 Å². The Morgan fingerprint density at radius 1 is 1.14 bits per heavy atom. The smallest absolute Gasteiger partial charge is 0.335 e. The van der Waals surface area contributed by atoms with Crippen LogP contribution >= 0.6 is 0 Å². The van der Waals surface area contributed by atoms with E-state index < -0.39 is 5.97 Å². The Hall–Kier alpha value is -2.81. The molecule has 3 aromatic rings. The third kappa shape index (κ3) is 2.46. The molecule has 2 N–H and O–H groups in total. The van der Waals surface area contributed by atoms with Crippen LogP contribution in [-0.4, -0.2) is 16.1 Å². The fraction of sp³-hybridized carbons (Fsp3) is 0.0556. The summed E-state index contributed by atoms with van der Waals surface area (Å²) in [5.41, 5.74) is 3.27. The molecule has 0 saturated heterocycles. The van der Waals surface area contributed by atoms with Gasteiger partial charge in [0.05, 0.1) is 5.56 Å². The molecule has 104 valence electrons. The number of carboxylic acids is 1. The van der Waals surface area contributed by atoms with Crippen molar-refractivity contribution < 1.29 is 9.90 Å². The fourth-order valence-corrected chi connectivity index (χ4v) is 2.55.